The normalized spacial score (nSPS) is 31.9. The summed E-state index contributed by atoms with van der Waals surface area (Å²) >= 11 is 12.5. The van der Waals surface area contributed by atoms with Crippen molar-refractivity contribution < 1.29 is 0 Å². The van der Waals surface area contributed by atoms with E-state index in [1.54, 1.807) is 0 Å². The second kappa shape index (κ2) is 2.59. The van der Waals surface area contributed by atoms with Crippen molar-refractivity contribution in [3.05, 3.63) is 29.3 Å². The molecule has 2 N–H and O–H groups in total. The number of fused-ring (bicyclic) bond motifs is 5. The fourth-order valence-corrected chi connectivity index (χ4v) is 3.75. The Morgan fingerprint density at radius 1 is 1.36 bits per heavy atom. The van der Waals surface area contributed by atoms with Crippen LogP contribution in [0.3, 0.4) is 0 Å². The van der Waals surface area contributed by atoms with Gasteiger partial charge in [0.05, 0.1) is 0 Å². The molecule has 0 saturated heterocycles. The highest BCUT2D eigenvalue weighted by atomic mass is 35.5. The molecule has 0 spiro atoms. The molecule has 74 valence electrons. The lowest BCUT2D eigenvalue weighted by molar-refractivity contribution is 0.671. The number of alkyl halides is 2. The second-order valence-corrected chi connectivity index (χ2v) is 5.84. The lowest BCUT2D eigenvalue weighted by atomic mass is 9.90. The van der Waals surface area contributed by atoms with E-state index in [0.29, 0.717) is 5.92 Å². The molecule has 0 aromatic heterocycles. The molecular weight excluding hydrogens is 217 g/mol. The van der Waals surface area contributed by atoms with E-state index in [0.717, 1.165) is 18.5 Å². The Morgan fingerprint density at radius 3 is 2.93 bits per heavy atom. The molecule has 1 fully saturated rings. The van der Waals surface area contributed by atoms with Gasteiger partial charge in [-0.1, -0.05) is 12.1 Å². The summed E-state index contributed by atoms with van der Waals surface area (Å²) in [5.41, 5.74) is 9.43. The summed E-state index contributed by atoms with van der Waals surface area (Å²) in [4.78, 5) is 0. The van der Waals surface area contributed by atoms with Crippen molar-refractivity contribution in [2.24, 2.45) is 0 Å². The van der Waals surface area contributed by atoms with Gasteiger partial charge in [0.2, 0.25) is 0 Å². The van der Waals surface area contributed by atoms with Crippen LogP contribution in [0.5, 0.6) is 0 Å². The van der Waals surface area contributed by atoms with Gasteiger partial charge in [0.1, 0.15) is 4.33 Å². The minimum Gasteiger partial charge on any atom is -0.398 e. The Balaban J connectivity index is 2.20. The number of anilines is 1. The fourth-order valence-electron chi connectivity index (χ4n) is 2.96. The maximum absolute atomic E-state index is 6.27. The average Bonchev–Trinajstić information content (AvgIpc) is 2.58. The van der Waals surface area contributed by atoms with Crippen molar-refractivity contribution in [3.63, 3.8) is 0 Å². The van der Waals surface area contributed by atoms with Gasteiger partial charge < -0.3 is 5.73 Å². The monoisotopic (exact) mass is 227 g/mol. The fraction of sp³-hybridized carbons (Fsp3) is 0.455. The van der Waals surface area contributed by atoms with E-state index in [4.69, 9.17) is 28.9 Å². The van der Waals surface area contributed by atoms with Crippen LogP contribution in [0.4, 0.5) is 5.69 Å². The first kappa shape index (κ1) is 8.87. The van der Waals surface area contributed by atoms with Gasteiger partial charge in [-0.05, 0) is 36.0 Å². The van der Waals surface area contributed by atoms with Gasteiger partial charge in [-0.25, -0.2) is 0 Å². The van der Waals surface area contributed by atoms with Gasteiger partial charge in [-0.2, -0.15) is 0 Å². The van der Waals surface area contributed by atoms with E-state index in [1.807, 2.05) is 12.1 Å². The van der Waals surface area contributed by atoms with Crippen molar-refractivity contribution >= 4 is 28.9 Å². The first-order valence-corrected chi connectivity index (χ1v) is 5.61. The molecule has 1 nitrogen and oxygen atoms in total. The Bertz CT molecular complexity index is 400. The molecule has 2 aliphatic carbocycles. The van der Waals surface area contributed by atoms with Crippen LogP contribution in [0, 0.1) is 0 Å². The first-order chi connectivity index (χ1) is 6.59. The van der Waals surface area contributed by atoms with Crippen molar-refractivity contribution in [1.82, 2.24) is 0 Å². The first-order valence-electron chi connectivity index (χ1n) is 4.85. The van der Waals surface area contributed by atoms with Crippen molar-refractivity contribution in [2.75, 3.05) is 5.73 Å². The van der Waals surface area contributed by atoms with Crippen LogP contribution in [0.1, 0.15) is 35.8 Å². The molecule has 2 unspecified atom stereocenters. The zero-order valence-electron chi connectivity index (χ0n) is 7.63. The van der Waals surface area contributed by atoms with Crippen LogP contribution in [0.15, 0.2) is 18.2 Å². The summed E-state index contributed by atoms with van der Waals surface area (Å²) in [5.74, 6) is 0.764. The Labute approximate surface area is 93.2 Å². The molecule has 2 bridgehead atoms. The summed E-state index contributed by atoms with van der Waals surface area (Å²) in [5, 5.41) is 0. The molecule has 0 amide bonds. The molecule has 0 heterocycles. The lowest BCUT2D eigenvalue weighted by Gasteiger charge is -2.27. The number of nitrogen functional groups attached to an aromatic ring is 1. The van der Waals surface area contributed by atoms with Gasteiger partial charge >= 0.3 is 0 Å². The highest BCUT2D eigenvalue weighted by Crippen LogP contribution is 2.63. The Kier molecular flexibility index (Phi) is 1.64. The summed E-state index contributed by atoms with van der Waals surface area (Å²) < 4.78 is -0.564. The van der Waals surface area contributed by atoms with Gasteiger partial charge in [0.15, 0.2) is 0 Å². The van der Waals surface area contributed by atoms with Crippen LogP contribution in [-0.4, -0.2) is 4.33 Å². The third-order valence-corrected chi connectivity index (χ3v) is 4.34. The second-order valence-electron chi connectivity index (χ2n) is 4.30. The number of halogens is 2. The zero-order chi connectivity index (χ0) is 9.92. The number of hydrogen-bond donors (Lipinski definition) is 1. The quantitative estimate of drug-likeness (QED) is 0.534. The molecule has 1 aromatic rings. The van der Waals surface area contributed by atoms with E-state index in [9.17, 15) is 0 Å². The minimum atomic E-state index is -0.564. The molecule has 3 rings (SSSR count). The standard InChI is InChI=1S/C11H11Cl2N/c12-11(13)5-6-4-8(11)7-2-1-3-9(14)10(6)7/h1-3,6,8H,4-5,14H2. The molecule has 2 aliphatic rings. The average molecular weight is 228 g/mol. The number of nitrogens with two attached hydrogens (primary N) is 1. The van der Waals surface area contributed by atoms with E-state index in [-0.39, 0.29) is 5.92 Å². The molecule has 0 radical (unpaired) electrons. The third-order valence-electron chi connectivity index (χ3n) is 3.51. The Morgan fingerprint density at radius 2 is 2.14 bits per heavy atom. The molecule has 3 heteroatoms. The van der Waals surface area contributed by atoms with Gasteiger partial charge in [0.25, 0.3) is 0 Å². The molecule has 14 heavy (non-hydrogen) atoms. The molecule has 1 saturated carbocycles. The predicted octanol–water partition coefficient (Wildman–Crippen LogP) is 3.42. The highest BCUT2D eigenvalue weighted by molar-refractivity contribution is 6.49. The number of rotatable bonds is 0. The van der Waals surface area contributed by atoms with Crippen LogP contribution >= 0.6 is 23.2 Å². The van der Waals surface area contributed by atoms with Gasteiger partial charge in [-0.15, -0.1) is 23.2 Å². The molecule has 1 aromatic carbocycles. The predicted molar refractivity (Wildman–Crippen MR) is 60.0 cm³/mol. The number of benzene rings is 1. The summed E-state index contributed by atoms with van der Waals surface area (Å²) in [7, 11) is 0. The Hall–Kier alpha value is -0.400. The third kappa shape index (κ3) is 0.973. The molecule has 0 aliphatic heterocycles. The van der Waals surface area contributed by atoms with Gasteiger partial charge in [-0.3, -0.25) is 0 Å². The van der Waals surface area contributed by atoms with Crippen LogP contribution in [-0.2, 0) is 0 Å². The minimum absolute atomic E-state index is 0.286. The van der Waals surface area contributed by atoms with Crippen LogP contribution in [0.25, 0.3) is 0 Å². The van der Waals surface area contributed by atoms with Crippen LogP contribution in [0.2, 0.25) is 0 Å². The van der Waals surface area contributed by atoms with Crippen molar-refractivity contribution in [1.29, 1.82) is 0 Å². The zero-order valence-corrected chi connectivity index (χ0v) is 9.15. The SMILES string of the molecule is Nc1cccc2c1C1CC2C(Cl)(Cl)C1. The number of hydrogen-bond acceptors (Lipinski definition) is 1. The topological polar surface area (TPSA) is 26.0 Å². The summed E-state index contributed by atoms with van der Waals surface area (Å²) in [6, 6.07) is 6.05. The van der Waals surface area contributed by atoms with E-state index >= 15 is 0 Å². The molecular formula is C11H11Cl2N. The summed E-state index contributed by atoms with van der Waals surface area (Å²) in [6.07, 6.45) is 1.92. The van der Waals surface area contributed by atoms with Crippen molar-refractivity contribution in [2.45, 2.75) is 29.0 Å². The van der Waals surface area contributed by atoms with E-state index in [1.165, 1.54) is 11.1 Å². The van der Waals surface area contributed by atoms with E-state index < -0.39 is 4.33 Å². The lowest BCUT2D eigenvalue weighted by Crippen LogP contribution is -2.21. The van der Waals surface area contributed by atoms with E-state index in [2.05, 4.69) is 6.07 Å². The smallest absolute Gasteiger partial charge is 0.125 e. The van der Waals surface area contributed by atoms with Crippen LogP contribution < -0.4 is 5.73 Å². The maximum Gasteiger partial charge on any atom is 0.125 e. The largest absolute Gasteiger partial charge is 0.398 e. The summed E-state index contributed by atoms with van der Waals surface area (Å²) in [6.45, 7) is 0. The van der Waals surface area contributed by atoms with Gasteiger partial charge in [0, 0.05) is 11.6 Å². The maximum atomic E-state index is 6.27. The highest BCUT2D eigenvalue weighted by Gasteiger charge is 2.52. The molecule has 2 atom stereocenters. The van der Waals surface area contributed by atoms with Crippen molar-refractivity contribution in [3.8, 4) is 0 Å².